The predicted octanol–water partition coefficient (Wildman–Crippen LogP) is 2.26. The highest BCUT2D eigenvalue weighted by atomic mass is 79.9. The van der Waals surface area contributed by atoms with Crippen molar-refractivity contribution in [2.24, 2.45) is 5.41 Å². The van der Waals surface area contributed by atoms with E-state index in [-0.39, 0.29) is 10.3 Å². The summed E-state index contributed by atoms with van der Waals surface area (Å²) in [5, 5.41) is 0. The number of halogens is 1. The van der Waals surface area contributed by atoms with Crippen molar-refractivity contribution < 1.29 is 8.42 Å². The minimum absolute atomic E-state index is 0.0620. The highest BCUT2D eigenvalue weighted by molar-refractivity contribution is 9.10. The zero-order valence-corrected chi connectivity index (χ0v) is 12.3. The second kappa shape index (κ2) is 4.33. The molecule has 0 unspecified atom stereocenters. The van der Waals surface area contributed by atoms with Gasteiger partial charge in [0.05, 0.1) is 0 Å². The molecule has 1 fully saturated rings. The molecule has 0 N–H and O–H groups in total. The Bertz CT molecular complexity index is 528. The van der Waals surface area contributed by atoms with Gasteiger partial charge in [-0.25, -0.2) is 8.42 Å². The summed E-state index contributed by atoms with van der Waals surface area (Å²) in [4.78, 5) is 4.16. The third-order valence-electron chi connectivity index (χ3n) is 2.96. The van der Waals surface area contributed by atoms with Crippen LogP contribution in [0.2, 0.25) is 0 Å². The van der Waals surface area contributed by atoms with E-state index in [1.54, 1.807) is 12.3 Å². The lowest BCUT2D eigenvalue weighted by Gasteiger charge is -2.19. The van der Waals surface area contributed by atoms with Crippen LogP contribution in [0.25, 0.3) is 0 Å². The lowest BCUT2D eigenvalue weighted by atomic mass is 9.93. The van der Waals surface area contributed by atoms with Crippen molar-refractivity contribution >= 4 is 26.0 Å². The third kappa shape index (κ3) is 2.69. The molecule has 0 saturated carbocycles. The molecule has 94 valence electrons. The summed E-state index contributed by atoms with van der Waals surface area (Å²) in [6.45, 7) is 5.33. The molecule has 1 aromatic rings. The van der Waals surface area contributed by atoms with Crippen LogP contribution in [0.4, 0.5) is 0 Å². The second-order valence-corrected chi connectivity index (χ2v) is 7.95. The number of aromatic nitrogens is 1. The fourth-order valence-electron chi connectivity index (χ4n) is 1.95. The summed E-state index contributed by atoms with van der Waals surface area (Å²) < 4.78 is 26.9. The Kier molecular flexibility index (Phi) is 3.31. The van der Waals surface area contributed by atoms with Crippen LogP contribution in [-0.2, 0) is 10.0 Å². The van der Waals surface area contributed by atoms with E-state index in [9.17, 15) is 8.42 Å². The lowest BCUT2D eigenvalue weighted by molar-refractivity contribution is 0.375. The fraction of sp³-hybridized carbons (Fsp3) is 0.545. The Labute approximate surface area is 110 Å². The van der Waals surface area contributed by atoms with E-state index in [4.69, 9.17) is 0 Å². The van der Waals surface area contributed by atoms with Gasteiger partial charge in [0.2, 0.25) is 10.0 Å². The zero-order valence-electron chi connectivity index (χ0n) is 9.85. The van der Waals surface area contributed by atoms with Gasteiger partial charge in [-0.05, 0) is 33.8 Å². The summed E-state index contributed by atoms with van der Waals surface area (Å²) in [5.41, 5.74) is 0.0620. The standard InChI is InChI=1S/C11H15BrN2O2S/c1-11(2)3-4-14(8-11)17(15,16)10-5-9(12)6-13-7-10/h5-7H,3-4,8H2,1-2H3. The van der Waals surface area contributed by atoms with Crippen LogP contribution in [-0.4, -0.2) is 30.8 Å². The minimum Gasteiger partial charge on any atom is -0.262 e. The molecule has 0 spiro atoms. The van der Waals surface area contributed by atoms with Crippen LogP contribution in [0.5, 0.6) is 0 Å². The summed E-state index contributed by atoms with van der Waals surface area (Å²) in [6, 6.07) is 1.59. The zero-order chi connectivity index (χ0) is 12.7. The molecule has 0 atom stereocenters. The Balaban J connectivity index is 2.32. The van der Waals surface area contributed by atoms with Crippen molar-refractivity contribution in [1.82, 2.24) is 9.29 Å². The molecule has 4 nitrogen and oxygen atoms in total. The van der Waals surface area contributed by atoms with Crippen LogP contribution in [0.15, 0.2) is 27.8 Å². The highest BCUT2D eigenvalue weighted by Crippen LogP contribution is 2.32. The number of hydrogen-bond acceptors (Lipinski definition) is 3. The molecule has 0 aliphatic carbocycles. The van der Waals surface area contributed by atoms with Gasteiger partial charge in [0.25, 0.3) is 0 Å². The normalized spacial score (nSPS) is 20.6. The summed E-state index contributed by atoms with van der Waals surface area (Å²) >= 11 is 3.24. The van der Waals surface area contributed by atoms with E-state index >= 15 is 0 Å². The van der Waals surface area contributed by atoms with E-state index in [1.807, 2.05) is 0 Å². The number of pyridine rings is 1. The molecule has 17 heavy (non-hydrogen) atoms. The molecule has 2 heterocycles. The first kappa shape index (κ1) is 13.0. The molecule has 0 amide bonds. The van der Waals surface area contributed by atoms with Crippen molar-refractivity contribution in [2.45, 2.75) is 25.2 Å². The van der Waals surface area contributed by atoms with Gasteiger partial charge in [0.1, 0.15) is 4.90 Å². The van der Waals surface area contributed by atoms with Crippen molar-refractivity contribution in [2.75, 3.05) is 13.1 Å². The topological polar surface area (TPSA) is 50.3 Å². The van der Waals surface area contributed by atoms with Gasteiger partial charge in [-0.3, -0.25) is 4.98 Å². The van der Waals surface area contributed by atoms with Gasteiger partial charge >= 0.3 is 0 Å². The van der Waals surface area contributed by atoms with Crippen molar-refractivity contribution in [1.29, 1.82) is 0 Å². The van der Waals surface area contributed by atoms with Gasteiger partial charge in [0.15, 0.2) is 0 Å². The summed E-state index contributed by atoms with van der Waals surface area (Å²) in [5.74, 6) is 0. The van der Waals surface area contributed by atoms with E-state index < -0.39 is 10.0 Å². The molecule has 2 rings (SSSR count). The van der Waals surface area contributed by atoms with E-state index in [0.717, 1.165) is 6.42 Å². The van der Waals surface area contributed by atoms with E-state index in [2.05, 4.69) is 34.8 Å². The predicted molar refractivity (Wildman–Crippen MR) is 69.1 cm³/mol. The van der Waals surface area contributed by atoms with Crippen molar-refractivity contribution in [3.63, 3.8) is 0 Å². The average molecular weight is 319 g/mol. The first-order valence-electron chi connectivity index (χ1n) is 5.42. The van der Waals surface area contributed by atoms with Gasteiger partial charge in [-0.2, -0.15) is 4.31 Å². The molecular formula is C11H15BrN2O2S. The molecule has 1 aliphatic rings. The molecular weight excluding hydrogens is 304 g/mol. The molecule has 1 saturated heterocycles. The Morgan fingerprint density at radius 3 is 2.65 bits per heavy atom. The van der Waals surface area contributed by atoms with Gasteiger partial charge < -0.3 is 0 Å². The maximum Gasteiger partial charge on any atom is 0.244 e. The smallest absolute Gasteiger partial charge is 0.244 e. The van der Waals surface area contributed by atoms with Crippen LogP contribution in [0, 0.1) is 5.41 Å². The third-order valence-corrected chi connectivity index (χ3v) is 5.20. The summed E-state index contributed by atoms with van der Waals surface area (Å²) in [7, 11) is -3.39. The largest absolute Gasteiger partial charge is 0.262 e. The minimum atomic E-state index is -3.39. The van der Waals surface area contributed by atoms with Crippen molar-refractivity contribution in [3.8, 4) is 0 Å². The molecule has 1 aliphatic heterocycles. The quantitative estimate of drug-likeness (QED) is 0.840. The maximum atomic E-state index is 12.3. The van der Waals surface area contributed by atoms with Crippen LogP contribution < -0.4 is 0 Å². The maximum absolute atomic E-state index is 12.3. The highest BCUT2D eigenvalue weighted by Gasteiger charge is 2.36. The monoisotopic (exact) mass is 318 g/mol. The van der Waals surface area contributed by atoms with Gasteiger partial charge in [-0.15, -0.1) is 0 Å². The lowest BCUT2D eigenvalue weighted by Crippen LogP contribution is -2.30. The molecule has 0 bridgehead atoms. The molecule has 6 heteroatoms. The van der Waals surface area contributed by atoms with Crippen molar-refractivity contribution in [3.05, 3.63) is 22.9 Å². The van der Waals surface area contributed by atoms with Crippen LogP contribution >= 0.6 is 15.9 Å². The number of rotatable bonds is 2. The SMILES string of the molecule is CC1(C)CCN(S(=O)(=O)c2cncc(Br)c2)C1. The molecule has 0 aromatic carbocycles. The summed E-state index contributed by atoms with van der Waals surface area (Å²) in [6.07, 6.45) is 3.87. The molecule has 0 radical (unpaired) electrons. The Morgan fingerprint density at radius 1 is 1.41 bits per heavy atom. The first-order chi connectivity index (χ1) is 7.81. The van der Waals surface area contributed by atoms with Gasteiger partial charge in [-0.1, -0.05) is 13.8 Å². The van der Waals surface area contributed by atoms with Gasteiger partial charge in [0, 0.05) is 30.0 Å². The van der Waals surface area contributed by atoms with E-state index in [1.165, 1.54) is 10.5 Å². The first-order valence-corrected chi connectivity index (χ1v) is 7.65. The second-order valence-electron chi connectivity index (χ2n) is 5.09. The number of nitrogens with zero attached hydrogens (tertiary/aromatic N) is 2. The fourth-order valence-corrected chi connectivity index (χ4v) is 4.09. The van der Waals surface area contributed by atoms with E-state index in [0.29, 0.717) is 17.6 Å². The Hall–Kier alpha value is -0.460. The average Bonchev–Trinajstić information content (AvgIpc) is 2.59. The molecule has 1 aromatic heterocycles. The van der Waals surface area contributed by atoms with Crippen LogP contribution in [0.1, 0.15) is 20.3 Å². The number of hydrogen-bond donors (Lipinski definition) is 0. The number of sulfonamides is 1. The van der Waals surface area contributed by atoms with Crippen LogP contribution in [0.3, 0.4) is 0 Å². The Morgan fingerprint density at radius 2 is 2.12 bits per heavy atom.